The third kappa shape index (κ3) is 8.85. The number of benzene rings is 3. The average Bonchev–Trinajstić information content (AvgIpc) is 2.96. The number of aliphatic carboxylic acids is 1. The van der Waals surface area contributed by atoms with Crippen molar-refractivity contribution in [2.75, 3.05) is 13.2 Å². The zero-order chi connectivity index (χ0) is 27.3. The van der Waals surface area contributed by atoms with E-state index in [9.17, 15) is 9.90 Å². The summed E-state index contributed by atoms with van der Waals surface area (Å²) >= 11 is 0. The molecule has 1 fully saturated rings. The van der Waals surface area contributed by atoms with Crippen LogP contribution in [0.3, 0.4) is 0 Å². The Kier molecular flexibility index (Phi) is 11.3. The van der Waals surface area contributed by atoms with Crippen LogP contribution in [0.4, 0.5) is 0 Å². The van der Waals surface area contributed by atoms with Gasteiger partial charge in [0.15, 0.2) is 0 Å². The van der Waals surface area contributed by atoms with E-state index in [1.54, 1.807) is 6.08 Å². The molecular formula is C32H36O7. The first-order chi connectivity index (χ1) is 19.1. The van der Waals surface area contributed by atoms with Crippen LogP contribution in [0.1, 0.15) is 23.1 Å². The number of rotatable bonds is 15. The van der Waals surface area contributed by atoms with E-state index in [1.165, 1.54) is 0 Å². The van der Waals surface area contributed by atoms with Crippen LogP contribution < -0.4 is 0 Å². The van der Waals surface area contributed by atoms with Crippen molar-refractivity contribution in [3.8, 4) is 0 Å². The fourth-order valence-electron chi connectivity index (χ4n) is 4.62. The first-order valence-electron chi connectivity index (χ1n) is 13.2. The first kappa shape index (κ1) is 28.7. The SMILES string of the molecule is C=CCOC[C@H]1OC(CC(=O)O)[C@H](OCc2ccccc2)[C@@H](OCc2ccccc2)[C@@H]1OCc1ccccc1. The molecule has 7 heteroatoms. The second-order valence-electron chi connectivity index (χ2n) is 9.42. The molecule has 1 unspecified atom stereocenters. The van der Waals surface area contributed by atoms with Crippen LogP contribution in [0.5, 0.6) is 0 Å². The summed E-state index contributed by atoms with van der Waals surface area (Å²) in [5.74, 6) is -0.982. The summed E-state index contributed by atoms with van der Waals surface area (Å²) in [7, 11) is 0. The molecular weight excluding hydrogens is 496 g/mol. The standard InChI is InChI=1S/C32H36O7/c1-2-18-35-23-28-31(37-21-25-14-8-4-9-15-25)32(38-22-26-16-10-5-11-17-26)30(27(39-28)19-29(33)34)36-20-24-12-6-3-7-13-24/h2-17,27-28,30-32H,1,18-23H2,(H,33,34)/t27?,28-,30+,31-,32-/m1/s1. The Balaban J connectivity index is 1.63. The zero-order valence-corrected chi connectivity index (χ0v) is 22.0. The van der Waals surface area contributed by atoms with Crippen LogP contribution in [0.15, 0.2) is 104 Å². The number of ether oxygens (including phenoxy) is 5. The molecule has 39 heavy (non-hydrogen) atoms. The van der Waals surface area contributed by atoms with Gasteiger partial charge in [-0.05, 0) is 16.7 Å². The van der Waals surface area contributed by atoms with Gasteiger partial charge >= 0.3 is 5.97 Å². The number of carbonyl (C=O) groups is 1. The smallest absolute Gasteiger partial charge is 0.306 e. The Morgan fingerprint density at radius 3 is 1.59 bits per heavy atom. The predicted molar refractivity (Wildman–Crippen MR) is 147 cm³/mol. The third-order valence-electron chi connectivity index (χ3n) is 6.48. The van der Waals surface area contributed by atoms with E-state index in [1.807, 2.05) is 91.0 Å². The minimum absolute atomic E-state index is 0.193. The predicted octanol–water partition coefficient (Wildman–Crippen LogP) is 5.19. The van der Waals surface area contributed by atoms with E-state index in [0.29, 0.717) is 19.8 Å². The Hall–Kier alpha value is -3.33. The van der Waals surface area contributed by atoms with Gasteiger partial charge in [-0.3, -0.25) is 4.79 Å². The van der Waals surface area contributed by atoms with E-state index in [4.69, 9.17) is 23.7 Å². The molecule has 0 spiro atoms. The highest BCUT2D eigenvalue weighted by Crippen LogP contribution is 2.32. The molecule has 206 valence electrons. The van der Waals surface area contributed by atoms with Crippen molar-refractivity contribution in [2.45, 2.75) is 56.8 Å². The van der Waals surface area contributed by atoms with Crippen LogP contribution in [0, 0.1) is 0 Å². The lowest BCUT2D eigenvalue weighted by Gasteiger charge is -2.46. The van der Waals surface area contributed by atoms with Crippen LogP contribution in [-0.4, -0.2) is 54.8 Å². The molecule has 1 heterocycles. The lowest BCUT2D eigenvalue weighted by Crippen LogP contribution is -2.61. The molecule has 0 saturated carbocycles. The lowest BCUT2D eigenvalue weighted by molar-refractivity contribution is -0.272. The first-order valence-corrected chi connectivity index (χ1v) is 13.2. The molecule has 5 atom stereocenters. The van der Waals surface area contributed by atoms with Gasteiger partial charge in [0.25, 0.3) is 0 Å². The molecule has 0 aromatic heterocycles. The van der Waals surface area contributed by atoms with Crippen molar-refractivity contribution in [3.05, 3.63) is 120 Å². The normalized spacial score (nSPS) is 22.8. The lowest BCUT2D eigenvalue weighted by atomic mass is 9.92. The van der Waals surface area contributed by atoms with E-state index >= 15 is 0 Å². The summed E-state index contributed by atoms with van der Waals surface area (Å²) in [5.41, 5.74) is 2.95. The van der Waals surface area contributed by atoms with E-state index in [-0.39, 0.29) is 19.6 Å². The fourth-order valence-corrected chi connectivity index (χ4v) is 4.62. The van der Waals surface area contributed by atoms with Gasteiger partial charge < -0.3 is 28.8 Å². The summed E-state index contributed by atoms with van der Waals surface area (Å²) in [4.78, 5) is 11.9. The van der Waals surface area contributed by atoms with Gasteiger partial charge in [-0.1, -0.05) is 97.1 Å². The Bertz CT molecular complexity index is 1120. The highest BCUT2D eigenvalue weighted by molar-refractivity contribution is 5.67. The van der Waals surface area contributed by atoms with Crippen molar-refractivity contribution in [3.63, 3.8) is 0 Å². The van der Waals surface area contributed by atoms with Crippen LogP contribution >= 0.6 is 0 Å². The number of hydrogen-bond donors (Lipinski definition) is 1. The van der Waals surface area contributed by atoms with Crippen molar-refractivity contribution in [2.24, 2.45) is 0 Å². The van der Waals surface area contributed by atoms with Crippen LogP contribution in [0.25, 0.3) is 0 Å². The molecule has 0 amide bonds. The molecule has 0 aliphatic carbocycles. The maximum Gasteiger partial charge on any atom is 0.306 e. The van der Waals surface area contributed by atoms with Gasteiger partial charge in [0.2, 0.25) is 0 Å². The Morgan fingerprint density at radius 2 is 1.15 bits per heavy atom. The summed E-state index contributed by atoms with van der Waals surface area (Å²) in [5, 5.41) is 9.73. The van der Waals surface area contributed by atoms with Crippen molar-refractivity contribution in [1.82, 2.24) is 0 Å². The highest BCUT2D eigenvalue weighted by Gasteiger charge is 2.48. The van der Waals surface area contributed by atoms with Crippen molar-refractivity contribution < 1.29 is 33.6 Å². The fraction of sp³-hybridized carbons (Fsp3) is 0.344. The topological polar surface area (TPSA) is 83.5 Å². The van der Waals surface area contributed by atoms with Crippen molar-refractivity contribution in [1.29, 1.82) is 0 Å². The number of hydrogen-bond acceptors (Lipinski definition) is 6. The Labute approximate surface area is 229 Å². The minimum Gasteiger partial charge on any atom is -0.481 e. The molecule has 0 bridgehead atoms. The molecule has 3 aromatic rings. The summed E-state index contributed by atoms with van der Waals surface area (Å²) < 4.78 is 31.5. The molecule has 3 aromatic carbocycles. The molecule has 7 nitrogen and oxygen atoms in total. The summed E-state index contributed by atoms with van der Waals surface area (Å²) in [6.07, 6.45) is -1.81. The van der Waals surface area contributed by atoms with Gasteiger partial charge in [0.1, 0.15) is 24.4 Å². The van der Waals surface area contributed by atoms with E-state index in [0.717, 1.165) is 16.7 Å². The third-order valence-corrected chi connectivity index (χ3v) is 6.48. The maximum absolute atomic E-state index is 11.9. The van der Waals surface area contributed by atoms with Crippen molar-refractivity contribution >= 4 is 5.97 Å². The quantitative estimate of drug-likeness (QED) is 0.213. The van der Waals surface area contributed by atoms with Crippen LogP contribution in [-0.2, 0) is 48.3 Å². The molecule has 4 rings (SSSR count). The average molecular weight is 533 g/mol. The van der Waals surface area contributed by atoms with Gasteiger partial charge in [-0.15, -0.1) is 6.58 Å². The van der Waals surface area contributed by atoms with Crippen LogP contribution in [0.2, 0.25) is 0 Å². The van der Waals surface area contributed by atoms with E-state index < -0.39 is 36.5 Å². The van der Waals surface area contributed by atoms with Gasteiger partial charge in [0, 0.05) is 0 Å². The number of carboxylic acids is 1. The Morgan fingerprint density at radius 1 is 0.718 bits per heavy atom. The maximum atomic E-state index is 11.9. The summed E-state index contributed by atoms with van der Waals surface area (Å²) in [6, 6.07) is 29.4. The molecule has 0 radical (unpaired) electrons. The number of carboxylic acid groups (broad SMARTS) is 1. The van der Waals surface area contributed by atoms with Gasteiger partial charge in [-0.2, -0.15) is 0 Å². The second kappa shape index (κ2) is 15.3. The van der Waals surface area contributed by atoms with Gasteiger partial charge in [0.05, 0.1) is 45.6 Å². The van der Waals surface area contributed by atoms with E-state index in [2.05, 4.69) is 6.58 Å². The zero-order valence-electron chi connectivity index (χ0n) is 22.0. The minimum atomic E-state index is -0.982. The monoisotopic (exact) mass is 532 g/mol. The molecule has 1 saturated heterocycles. The molecule has 1 aliphatic heterocycles. The largest absolute Gasteiger partial charge is 0.481 e. The molecule has 1 aliphatic rings. The summed E-state index contributed by atoms with van der Waals surface area (Å²) in [6.45, 7) is 5.15. The van der Waals surface area contributed by atoms with Gasteiger partial charge in [-0.25, -0.2) is 0 Å². The molecule has 1 N–H and O–H groups in total. The highest BCUT2D eigenvalue weighted by atomic mass is 16.6. The second-order valence-corrected chi connectivity index (χ2v) is 9.42.